The number of hydrogen-bond donors (Lipinski definition) is 1. The highest BCUT2D eigenvalue weighted by molar-refractivity contribution is 7.99. The second-order valence-electron chi connectivity index (χ2n) is 6.18. The quantitative estimate of drug-likeness (QED) is 0.761. The summed E-state index contributed by atoms with van der Waals surface area (Å²) in [5.41, 5.74) is 2.39. The molecule has 0 saturated heterocycles. The first-order valence-electron chi connectivity index (χ1n) is 8.24. The van der Waals surface area contributed by atoms with Crippen molar-refractivity contribution in [1.29, 1.82) is 5.26 Å². The van der Waals surface area contributed by atoms with Gasteiger partial charge in [-0.3, -0.25) is 4.79 Å². The third kappa shape index (κ3) is 6.20. The number of carbonyl (C=O) groups is 1. The molecule has 1 amide bonds. The van der Waals surface area contributed by atoms with Gasteiger partial charge in [-0.15, -0.1) is 11.8 Å². The lowest BCUT2D eigenvalue weighted by atomic mass is 10.1. The molecule has 25 heavy (non-hydrogen) atoms. The Hall–Kier alpha value is -2.39. The fourth-order valence-corrected chi connectivity index (χ4v) is 3.20. The number of aryl methyl sites for hydroxylation is 1. The minimum atomic E-state index is -0.0950. The molecule has 0 aromatic carbocycles. The molecule has 0 spiro atoms. The average molecular weight is 354 g/mol. The van der Waals surface area contributed by atoms with Crippen molar-refractivity contribution in [2.45, 2.75) is 38.6 Å². The zero-order chi connectivity index (χ0) is 18.2. The van der Waals surface area contributed by atoms with Gasteiger partial charge in [0.15, 0.2) is 0 Å². The van der Waals surface area contributed by atoms with Gasteiger partial charge in [0, 0.05) is 23.6 Å². The molecule has 0 fully saturated rings. The molecule has 0 aliphatic carbocycles. The first-order valence-corrected chi connectivity index (χ1v) is 9.23. The average Bonchev–Trinajstić information content (AvgIpc) is 2.54. The van der Waals surface area contributed by atoms with Crippen LogP contribution in [0.3, 0.4) is 0 Å². The standard InChI is InChI=1S/C19H22N4OS/c1-13(2)11-16-8-7-15(12-20)19(22-16)25-10-9-18(24)23-17-6-4-5-14(3)21-17/h4-8,13H,9-11H2,1-3H3,(H,21,23,24). The molecule has 0 bridgehead atoms. The third-order valence-electron chi connectivity index (χ3n) is 3.38. The first kappa shape index (κ1) is 18.9. The number of pyridine rings is 2. The lowest BCUT2D eigenvalue weighted by molar-refractivity contribution is -0.115. The van der Waals surface area contributed by atoms with Gasteiger partial charge in [0.25, 0.3) is 0 Å². The second-order valence-corrected chi connectivity index (χ2v) is 7.26. The summed E-state index contributed by atoms with van der Waals surface area (Å²) in [6, 6.07) is 11.4. The van der Waals surface area contributed by atoms with E-state index in [-0.39, 0.29) is 5.91 Å². The molecule has 0 aliphatic heterocycles. The summed E-state index contributed by atoms with van der Waals surface area (Å²) in [5.74, 6) is 1.53. The molecule has 130 valence electrons. The number of nitriles is 1. The van der Waals surface area contributed by atoms with E-state index in [9.17, 15) is 10.1 Å². The zero-order valence-electron chi connectivity index (χ0n) is 14.7. The fourth-order valence-electron chi connectivity index (χ4n) is 2.26. The van der Waals surface area contributed by atoms with Crippen LogP contribution in [0.2, 0.25) is 0 Å². The van der Waals surface area contributed by atoms with E-state index in [0.717, 1.165) is 17.8 Å². The number of nitrogens with one attached hydrogen (secondary N) is 1. The Morgan fingerprint density at radius 1 is 1.28 bits per heavy atom. The number of thioether (sulfide) groups is 1. The van der Waals surface area contributed by atoms with Crippen LogP contribution in [0.4, 0.5) is 5.82 Å². The molecule has 0 unspecified atom stereocenters. The minimum absolute atomic E-state index is 0.0950. The van der Waals surface area contributed by atoms with E-state index in [1.165, 1.54) is 11.8 Å². The van der Waals surface area contributed by atoms with Gasteiger partial charge in [-0.25, -0.2) is 9.97 Å². The first-order chi connectivity index (χ1) is 12.0. The fraction of sp³-hybridized carbons (Fsp3) is 0.368. The molecule has 2 heterocycles. The summed E-state index contributed by atoms with van der Waals surface area (Å²) in [5, 5.41) is 12.7. The Labute approximate surface area is 152 Å². The van der Waals surface area contributed by atoms with Crippen LogP contribution in [0.15, 0.2) is 35.4 Å². The van der Waals surface area contributed by atoms with Gasteiger partial charge < -0.3 is 5.32 Å². The van der Waals surface area contributed by atoms with Crippen molar-refractivity contribution in [2.75, 3.05) is 11.1 Å². The summed E-state index contributed by atoms with van der Waals surface area (Å²) in [6.07, 6.45) is 1.21. The Kier molecular flexibility index (Phi) is 6.96. The van der Waals surface area contributed by atoms with E-state index >= 15 is 0 Å². The van der Waals surface area contributed by atoms with Crippen molar-refractivity contribution in [2.24, 2.45) is 5.92 Å². The van der Waals surface area contributed by atoms with Crippen LogP contribution >= 0.6 is 11.8 Å². The van der Waals surface area contributed by atoms with Gasteiger partial charge >= 0.3 is 0 Å². The molecular formula is C19H22N4OS. The van der Waals surface area contributed by atoms with Crippen LogP contribution in [-0.4, -0.2) is 21.6 Å². The maximum Gasteiger partial charge on any atom is 0.226 e. The monoisotopic (exact) mass is 354 g/mol. The number of anilines is 1. The summed E-state index contributed by atoms with van der Waals surface area (Å²) >= 11 is 1.44. The minimum Gasteiger partial charge on any atom is -0.311 e. The van der Waals surface area contributed by atoms with Crippen molar-refractivity contribution in [3.63, 3.8) is 0 Å². The highest BCUT2D eigenvalue weighted by atomic mass is 32.2. The number of rotatable bonds is 7. The molecule has 6 heteroatoms. The van der Waals surface area contributed by atoms with Gasteiger partial charge in [-0.05, 0) is 43.5 Å². The van der Waals surface area contributed by atoms with E-state index in [4.69, 9.17) is 0 Å². The van der Waals surface area contributed by atoms with Gasteiger partial charge in [-0.1, -0.05) is 19.9 Å². The molecule has 5 nitrogen and oxygen atoms in total. The van der Waals surface area contributed by atoms with Crippen molar-refractivity contribution in [3.8, 4) is 6.07 Å². The second kappa shape index (κ2) is 9.19. The molecule has 0 radical (unpaired) electrons. The maximum absolute atomic E-state index is 12.0. The Morgan fingerprint density at radius 3 is 2.76 bits per heavy atom. The molecule has 0 aliphatic rings. The molecule has 1 N–H and O–H groups in total. The summed E-state index contributed by atoms with van der Waals surface area (Å²) in [7, 11) is 0. The van der Waals surface area contributed by atoms with Crippen molar-refractivity contribution >= 4 is 23.5 Å². The lowest BCUT2D eigenvalue weighted by Gasteiger charge is -2.08. The normalized spacial score (nSPS) is 10.5. The van der Waals surface area contributed by atoms with E-state index in [1.54, 1.807) is 6.07 Å². The summed E-state index contributed by atoms with van der Waals surface area (Å²) < 4.78 is 0. The van der Waals surface area contributed by atoms with Crippen molar-refractivity contribution < 1.29 is 4.79 Å². The largest absolute Gasteiger partial charge is 0.311 e. The van der Waals surface area contributed by atoms with Gasteiger partial charge in [-0.2, -0.15) is 5.26 Å². The molecular weight excluding hydrogens is 332 g/mol. The predicted molar refractivity (Wildman–Crippen MR) is 100 cm³/mol. The Morgan fingerprint density at radius 2 is 2.08 bits per heavy atom. The van der Waals surface area contributed by atoms with Gasteiger partial charge in [0.05, 0.1) is 5.56 Å². The lowest BCUT2D eigenvalue weighted by Crippen LogP contribution is -2.13. The van der Waals surface area contributed by atoms with Gasteiger partial charge in [0.2, 0.25) is 5.91 Å². The molecule has 0 saturated carbocycles. The SMILES string of the molecule is Cc1cccc(NC(=O)CCSc2nc(CC(C)C)ccc2C#N)n1. The number of aromatic nitrogens is 2. The topological polar surface area (TPSA) is 78.7 Å². The van der Waals surface area contributed by atoms with E-state index in [0.29, 0.717) is 34.5 Å². The molecule has 2 aromatic rings. The molecule has 0 atom stereocenters. The number of hydrogen-bond acceptors (Lipinski definition) is 5. The summed E-state index contributed by atoms with van der Waals surface area (Å²) in [6.45, 7) is 6.15. The number of nitrogens with zero attached hydrogens (tertiary/aromatic N) is 3. The van der Waals surface area contributed by atoms with E-state index in [2.05, 4.69) is 35.2 Å². The maximum atomic E-state index is 12.0. The third-order valence-corrected chi connectivity index (χ3v) is 4.37. The molecule has 2 rings (SSSR count). The molecule has 2 aromatic heterocycles. The smallest absolute Gasteiger partial charge is 0.226 e. The van der Waals surface area contributed by atoms with Crippen LogP contribution < -0.4 is 5.32 Å². The Bertz CT molecular complexity index is 783. The van der Waals surface area contributed by atoms with Crippen molar-refractivity contribution in [1.82, 2.24) is 9.97 Å². The predicted octanol–water partition coefficient (Wildman–Crippen LogP) is 3.98. The highest BCUT2D eigenvalue weighted by Gasteiger charge is 2.10. The van der Waals surface area contributed by atoms with Crippen LogP contribution in [-0.2, 0) is 11.2 Å². The zero-order valence-corrected chi connectivity index (χ0v) is 15.6. The van der Waals surface area contributed by atoms with E-state index < -0.39 is 0 Å². The van der Waals surface area contributed by atoms with Crippen LogP contribution in [0, 0.1) is 24.2 Å². The number of amides is 1. The summed E-state index contributed by atoms with van der Waals surface area (Å²) in [4.78, 5) is 20.9. The van der Waals surface area contributed by atoms with Crippen LogP contribution in [0.1, 0.15) is 37.2 Å². The van der Waals surface area contributed by atoms with Crippen molar-refractivity contribution in [3.05, 3.63) is 47.3 Å². The van der Waals surface area contributed by atoms with E-state index in [1.807, 2.05) is 31.2 Å². The van der Waals surface area contributed by atoms with Crippen LogP contribution in [0.5, 0.6) is 0 Å². The van der Waals surface area contributed by atoms with Gasteiger partial charge in [0.1, 0.15) is 16.9 Å². The van der Waals surface area contributed by atoms with Crippen LogP contribution in [0.25, 0.3) is 0 Å². The Balaban J connectivity index is 1.92. The highest BCUT2D eigenvalue weighted by Crippen LogP contribution is 2.22. The number of carbonyl (C=O) groups excluding carboxylic acids is 1.